The van der Waals surface area contributed by atoms with Gasteiger partial charge in [-0.05, 0) is 115 Å². The molecule has 0 saturated heterocycles. The van der Waals surface area contributed by atoms with Gasteiger partial charge in [-0.2, -0.15) is 0 Å². The number of rotatable bonds is 16. The predicted molar refractivity (Wildman–Crippen MR) is 242 cm³/mol. The fourth-order valence-electron chi connectivity index (χ4n) is 8.52. The molecule has 51 heavy (non-hydrogen) atoms. The molecule has 4 aliphatic carbocycles. The van der Waals surface area contributed by atoms with Crippen molar-refractivity contribution in [2.24, 2.45) is 41.4 Å². The Morgan fingerprint density at radius 2 is 0.863 bits per heavy atom. The van der Waals surface area contributed by atoms with E-state index in [0.29, 0.717) is 0 Å². The molecule has 4 rings (SSSR count). The molecule has 0 nitrogen and oxygen atoms in total. The van der Waals surface area contributed by atoms with E-state index in [1.807, 2.05) is 13.8 Å². The number of hydrogen-bond donors (Lipinski definition) is 0. The molecule has 0 bridgehead atoms. The molecule has 0 aromatic rings. The molecular weight excluding hydrogens is 643 g/mol. The lowest BCUT2D eigenvalue weighted by atomic mass is 9.92. The van der Waals surface area contributed by atoms with Crippen LogP contribution in [-0.2, 0) is 0 Å². The molecule has 0 N–H and O–H groups in total. The Bertz CT molecular complexity index is 855. The first kappa shape index (κ1) is 50.5. The van der Waals surface area contributed by atoms with Gasteiger partial charge in [0.2, 0.25) is 0 Å². The lowest BCUT2D eigenvalue weighted by molar-refractivity contribution is 0.448. The van der Waals surface area contributed by atoms with E-state index in [1.54, 1.807) is 51.0 Å². The molecule has 0 aliphatic heterocycles. The minimum absolute atomic E-state index is 0. The van der Waals surface area contributed by atoms with E-state index in [9.17, 15) is 0 Å². The highest BCUT2D eigenvalue weighted by Crippen LogP contribution is 2.31. The van der Waals surface area contributed by atoms with Crippen LogP contribution >= 0.6 is 0 Å². The summed E-state index contributed by atoms with van der Waals surface area (Å²) in [5, 5.41) is 9.58. The van der Waals surface area contributed by atoms with Gasteiger partial charge in [-0.25, -0.2) is 0 Å². The zero-order valence-corrected chi connectivity index (χ0v) is 37.5. The number of hydrogen-bond acceptors (Lipinski definition) is 0. The molecule has 292 valence electrons. The van der Waals surface area contributed by atoms with Crippen LogP contribution in [0.25, 0.3) is 0 Å². The van der Waals surface area contributed by atoms with Crippen LogP contribution in [0.3, 0.4) is 0 Å². The van der Waals surface area contributed by atoms with Gasteiger partial charge in [0.15, 0.2) is 0 Å². The topological polar surface area (TPSA) is 0 Å². The maximum absolute atomic E-state index is 3.75. The van der Waals surface area contributed by atoms with Crippen molar-refractivity contribution in [1.82, 2.24) is 0 Å². The highest BCUT2D eigenvalue weighted by Gasteiger charge is 2.23. The number of allylic oxidation sites excluding steroid dienone is 10. The highest BCUT2D eigenvalue weighted by molar-refractivity contribution is 6.59. The predicted octanol–water partition coefficient (Wildman–Crippen LogP) is 16.9. The Morgan fingerprint density at radius 1 is 0.549 bits per heavy atom. The van der Waals surface area contributed by atoms with Crippen molar-refractivity contribution in [2.45, 2.75) is 191 Å². The van der Waals surface area contributed by atoms with Crippen LogP contribution in [0.4, 0.5) is 0 Å². The van der Waals surface area contributed by atoms with E-state index < -0.39 is 28.3 Å². The summed E-state index contributed by atoms with van der Waals surface area (Å²) in [6.07, 6.45) is 42.1. The second-order valence-corrected chi connectivity index (χ2v) is 24.9. The van der Waals surface area contributed by atoms with E-state index in [0.717, 1.165) is 41.4 Å². The molecule has 0 radical (unpaired) electrons. The quantitative estimate of drug-likeness (QED) is 0.109. The fourth-order valence-corrected chi connectivity index (χ4v) is 16.8. The summed E-state index contributed by atoms with van der Waals surface area (Å²) >= 11 is -0.926. The highest BCUT2D eigenvalue weighted by atomic mass is 27.2. The normalized spacial score (nSPS) is 22.1. The maximum Gasteiger partial charge on any atom is 0.262 e. The fraction of sp³-hybridized carbons (Fsp3) is 0.755. The van der Waals surface area contributed by atoms with Crippen molar-refractivity contribution < 1.29 is 0 Å². The maximum atomic E-state index is 3.75. The van der Waals surface area contributed by atoms with Gasteiger partial charge in [-0.1, -0.05) is 178 Å². The van der Waals surface area contributed by atoms with Crippen LogP contribution in [0.15, 0.2) is 73.4 Å². The largest absolute Gasteiger partial charge is 0.262 e. The van der Waals surface area contributed by atoms with Crippen molar-refractivity contribution in [3.63, 3.8) is 0 Å². The Kier molecular flexibility index (Phi) is 32.6. The van der Waals surface area contributed by atoms with E-state index in [4.69, 9.17) is 0 Å². The molecular formula is C49H90Al2. The van der Waals surface area contributed by atoms with Gasteiger partial charge >= 0.3 is 0 Å². The summed E-state index contributed by atoms with van der Waals surface area (Å²) < 4.78 is 0. The smallest absolute Gasteiger partial charge is 0.103 e. The SMILES string of the molecule is C.C1=CCC(C[CH2][Al]([CH2]CC2CC=CCC2)[CH2]CC2CC=CCC2)CC1.C=C(C)C.C=CC1CC=CCC1.CC(C)[CH2][Al]([CH2]C(C)C)[CH2]C(C)C. The Balaban J connectivity index is 0.000000802. The molecule has 0 fully saturated rings. The average Bonchev–Trinajstić information content (AvgIpc) is 3.09. The summed E-state index contributed by atoms with van der Waals surface area (Å²) in [5.74, 6) is 6.61. The first-order chi connectivity index (χ1) is 24.0. The molecule has 4 aliphatic rings. The average molecular weight is 733 g/mol. The van der Waals surface area contributed by atoms with E-state index in [2.05, 4.69) is 109 Å². The summed E-state index contributed by atoms with van der Waals surface area (Å²) in [6, 6.07) is 0. The van der Waals surface area contributed by atoms with Gasteiger partial charge in [0.1, 0.15) is 0 Å². The van der Waals surface area contributed by atoms with Crippen LogP contribution < -0.4 is 0 Å². The third-order valence-electron chi connectivity index (χ3n) is 11.1. The van der Waals surface area contributed by atoms with Gasteiger partial charge in [0.05, 0.1) is 0 Å². The first-order valence-electron chi connectivity index (χ1n) is 21.8. The second kappa shape index (κ2) is 32.9. The Morgan fingerprint density at radius 3 is 1.08 bits per heavy atom. The van der Waals surface area contributed by atoms with E-state index in [-0.39, 0.29) is 7.43 Å². The monoisotopic (exact) mass is 733 g/mol. The molecule has 0 aromatic carbocycles. The van der Waals surface area contributed by atoms with Crippen molar-refractivity contribution in [1.29, 1.82) is 0 Å². The lowest BCUT2D eigenvalue weighted by Gasteiger charge is -2.24. The van der Waals surface area contributed by atoms with Crippen LogP contribution in [0.5, 0.6) is 0 Å². The third kappa shape index (κ3) is 30.5. The molecule has 0 saturated carbocycles. The molecule has 4 atom stereocenters. The Labute approximate surface area is 332 Å². The molecule has 0 aromatic heterocycles. The van der Waals surface area contributed by atoms with Gasteiger partial charge in [0, 0.05) is 0 Å². The molecule has 4 unspecified atom stereocenters. The first-order valence-corrected chi connectivity index (χ1v) is 26.7. The molecule has 0 heterocycles. The van der Waals surface area contributed by atoms with Crippen LogP contribution in [-0.4, -0.2) is 28.3 Å². The molecule has 0 spiro atoms. The minimum Gasteiger partial charge on any atom is -0.103 e. The summed E-state index contributed by atoms with van der Waals surface area (Å²) in [7, 11) is 0. The lowest BCUT2D eigenvalue weighted by Crippen LogP contribution is -2.19. The molecule has 2 heteroatoms. The molecule has 0 amide bonds. The van der Waals surface area contributed by atoms with Crippen molar-refractivity contribution in [3.8, 4) is 0 Å². The standard InChI is InChI=1S/3C8H13.C8H12.3C4H9.C4H8.CH4.2Al/c4*1-2-8-6-4-3-5-7-8;4*1-4(2)3;;;/h3*3-4,8H,1-2,5-7H2;2-4,8H,1,5-7H2;3*4H,1H2,2-3H3;1H2,2-3H3;1H4;;. The van der Waals surface area contributed by atoms with Gasteiger partial charge in [-0.15, -0.1) is 13.2 Å². The summed E-state index contributed by atoms with van der Waals surface area (Å²) in [6.45, 7) is 25.5. The van der Waals surface area contributed by atoms with Crippen LogP contribution in [0, 0.1) is 41.4 Å². The van der Waals surface area contributed by atoms with Crippen molar-refractivity contribution in [2.75, 3.05) is 0 Å². The van der Waals surface area contributed by atoms with Crippen LogP contribution in [0.1, 0.15) is 159 Å². The Hall–Kier alpha value is -0.495. The summed E-state index contributed by atoms with van der Waals surface area (Å²) in [5.41, 5.74) is 1.17. The zero-order chi connectivity index (χ0) is 37.0. The zero-order valence-electron chi connectivity index (χ0n) is 35.2. The third-order valence-corrected chi connectivity index (χ3v) is 19.4. The van der Waals surface area contributed by atoms with Gasteiger partial charge < -0.3 is 0 Å². The van der Waals surface area contributed by atoms with Gasteiger partial charge in [0.25, 0.3) is 28.3 Å². The van der Waals surface area contributed by atoms with Crippen molar-refractivity contribution in [3.05, 3.63) is 73.4 Å². The van der Waals surface area contributed by atoms with Crippen molar-refractivity contribution >= 4 is 28.3 Å². The summed E-state index contributed by atoms with van der Waals surface area (Å²) in [4.78, 5) is 0. The van der Waals surface area contributed by atoms with E-state index >= 15 is 0 Å². The van der Waals surface area contributed by atoms with Crippen LogP contribution in [0.2, 0.25) is 31.7 Å². The second-order valence-electron chi connectivity index (χ2n) is 18.3. The van der Waals surface area contributed by atoms with Gasteiger partial charge in [-0.3, -0.25) is 0 Å². The minimum atomic E-state index is -0.519. The van der Waals surface area contributed by atoms with E-state index in [1.165, 1.54) is 82.6 Å².